The number of aromatic nitrogens is 2. The number of rotatable bonds is 5. The summed E-state index contributed by atoms with van der Waals surface area (Å²) < 4.78 is 33.6. The molecule has 189 valence electrons. The van der Waals surface area contributed by atoms with Crippen LogP contribution in [0.15, 0.2) is 116 Å². The predicted molar refractivity (Wildman–Crippen MR) is 149 cm³/mol. The molecule has 0 N–H and O–H groups in total. The van der Waals surface area contributed by atoms with Gasteiger partial charge >= 0.3 is 0 Å². The fourth-order valence-electron chi connectivity index (χ4n) is 3.58. The van der Waals surface area contributed by atoms with E-state index >= 15 is 0 Å². The Bertz CT molecular complexity index is 1520. The van der Waals surface area contributed by atoms with Crippen LogP contribution in [0.25, 0.3) is 22.5 Å². The molecule has 0 aliphatic heterocycles. The Balaban J connectivity index is 0.000000221. The molecule has 5 rings (SSSR count). The Hall–Kier alpha value is -3.39. The van der Waals surface area contributed by atoms with Crippen LogP contribution in [0.3, 0.4) is 0 Å². The smallest absolute Gasteiger partial charge is 0.0358 e. The standard InChI is InChI=1S/C18H14N.C16H18N.Ir/c1-3-8-15(9-4-1)14-17-12-7-13-19-18(17)16-10-5-2-6-11-16;1-16(2,3)12-13-9-10-17-15(11-13)14-7-5-4-6-8-14;/h1-10,12-13H,14H2;4-7,9-11H,12H2,1-3H3;/q2*-1;/i14D2;12D2;. The van der Waals surface area contributed by atoms with Crippen molar-refractivity contribution < 1.29 is 25.6 Å². The quantitative estimate of drug-likeness (QED) is 0.177. The summed E-state index contributed by atoms with van der Waals surface area (Å²) in [7, 11) is 0. The van der Waals surface area contributed by atoms with Crippen molar-refractivity contribution in [3.63, 3.8) is 0 Å². The second-order valence-electron chi connectivity index (χ2n) is 9.25. The summed E-state index contributed by atoms with van der Waals surface area (Å²) in [5.41, 5.74) is 4.43. The van der Waals surface area contributed by atoms with Crippen LogP contribution in [0, 0.1) is 17.5 Å². The van der Waals surface area contributed by atoms with Crippen molar-refractivity contribution in [3.05, 3.63) is 144 Å². The zero-order chi connectivity index (χ0) is 28.8. The molecule has 0 unspecified atom stereocenters. The van der Waals surface area contributed by atoms with E-state index < -0.39 is 18.2 Å². The normalized spacial score (nSPS) is 12.9. The Morgan fingerprint density at radius 2 is 1.38 bits per heavy atom. The monoisotopic (exact) mass is 665 g/mol. The minimum atomic E-state index is -1.60. The van der Waals surface area contributed by atoms with E-state index in [4.69, 9.17) is 5.48 Å². The van der Waals surface area contributed by atoms with Gasteiger partial charge in [0.15, 0.2) is 0 Å². The Morgan fingerprint density at radius 3 is 2.03 bits per heavy atom. The van der Waals surface area contributed by atoms with Crippen molar-refractivity contribution in [2.45, 2.75) is 33.5 Å². The third-order valence-corrected chi connectivity index (χ3v) is 5.09. The molecule has 1 radical (unpaired) electrons. The molecule has 0 saturated carbocycles. The number of pyridine rings is 2. The third kappa shape index (κ3) is 8.89. The molecule has 0 fully saturated rings. The van der Waals surface area contributed by atoms with Crippen LogP contribution in [0.2, 0.25) is 0 Å². The van der Waals surface area contributed by atoms with Crippen molar-refractivity contribution in [3.8, 4) is 22.5 Å². The van der Waals surface area contributed by atoms with E-state index in [2.05, 4.69) is 22.1 Å². The molecule has 3 aromatic carbocycles. The maximum Gasteiger partial charge on any atom is 0.0358 e. The van der Waals surface area contributed by atoms with Crippen LogP contribution in [0.5, 0.6) is 0 Å². The van der Waals surface area contributed by atoms with Crippen molar-refractivity contribution in [1.29, 1.82) is 0 Å². The third-order valence-electron chi connectivity index (χ3n) is 5.09. The molecule has 0 bridgehead atoms. The second kappa shape index (κ2) is 13.8. The molecule has 0 amide bonds. The van der Waals surface area contributed by atoms with Gasteiger partial charge in [-0.15, -0.1) is 71.8 Å². The molecular weight excluding hydrogens is 629 g/mol. The summed E-state index contributed by atoms with van der Waals surface area (Å²) in [6, 6.07) is 37.6. The van der Waals surface area contributed by atoms with Gasteiger partial charge in [0, 0.05) is 38.0 Å². The number of hydrogen-bond donors (Lipinski definition) is 0. The molecule has 2 heterocycles. The Morgan fingerprint density at radius 1 is 0.703 bits per heavy atom. The van der Waals surface area contributed by atoms with Crippen LogP contribution >= 0.6 is 0 Å². The average Bonchev–Trinajstić information content (AvgIpc) is 2.98. The zero-order valence-corrected chi connectivity index (χ0v) is 23.6. The van der Waals surface area contributed by atoms with Gasteiger partial charge in [-0.1, -0.05) is 74.4 Å². The van der Waals surface area contributed by atoms with Gasteiger partial charge in [-0.3, -0.25) is 0 Å². The van der Waals surface area contributed by atoms with E-state index in [9.17, 15) is 0 Å². The minimum Gasteiger partial charge on any atom is -0.305 e. The zero-order valence-electron chi connectivity index (χ0n) is 25.2. The molecule has 0 aliphatic carbocycles. The van der Waals surface area contributed by atoms with E-state index in [0.29, 0.717) is 22.4 Å². The van der Waals surface area contributed by atoms with Gasteiger partial charge in [-0.25, -0.2) is 0 Å². The summed E-state index contributed by atoms with van der Waals surface area (Å²) in [6.45, 7) is 5.71. The van der Waals surface area contributed by atoms with Crippen molar-refractivity contribution >= 4 is 0 Å². The van der Waals surface area contributed by atoms with E-state index in [0.717, 1.165) is 16.8 Å². The minimum absolute atomic E-state index is 0. The topological polar surface area (TPSA) is 25.8 Å². The van der Waals surface area contributed by atoms with E-state index in [1.165, 1.54) is 0 Å². The molecule has 2 nitrogen and oxygen atoms in total. The average molecular weight is 665 g/mol. The van der Waals surface area contributed by atoms with Gasteiger partial charge in [-0.2, -0.15) is 0 Å². The first-order valence-electron chi connectivity index (χ1n) is 13.9. The number of benzene rings is 3. The SMILES string of the molecule is [2H]C([2H])(c1ccccc1)c1cccnc1-c1[c-]cccc1.[2H]C([2H])(c1ccnc(-c2[c-]cccc2)c1)C(C)(C)C.[Ir]. The van der Waals surface area contributed by atoms with Crippen LogP contribution < -0.4 is 0 Å². The Labute approximate surface area is 240 Å². The van der Waals surface area contributed by atoms with Gasteiger partial charge < -0.3 is 9.97 Å². The number of nitrogens with zero attached hydrogens (tertiary/aromatic N) is 2. The molecule has 37 heavy (non-hydrogen) atoms. The first-order valence-corrected chi connectivity index (χ1v) is 11.9. The maximum absolute atomic E-state index is 8.51. The van der Waals surface area contributed by atoms with E-state index in [-0.39, 0.29) is 20.1 Å². The molecule has 0 spiro atoms. The largest absolute Gasteiger partial charge is 0.305 e. The molecular formula is C34H32IrN2-2. The van der Waals surface area contributed by atoms with Crippen molar-refractivity contribution in [2.75, 3.05) is 0 Å². The van der Waals surface area contributed by atoms with Crippen molar-refractivity contribution in [2.24, 2.45) is 5.41 Å². The summed E-state index contributed by atoms with van der Waals surface area (Å²) >= 11 is 0. The van der Waals surface area contributed by atoms with Gasteiger partial charge in [0.1, 0.15) is 0 Å². The van der Waals surface area contributed by atoms with Crippen molar-refractivity contribution in [1.82, 2.24) is 9.97 Å². The first kappa shape index (κ1) is 22.8. The van der Waals surface area contributed by atoms with E-state index in [1.54, 1.807) is 42.7 Å². The van der Waals surface area contributed by atoms with Crippen LogP contribution in [-0.2, 0) is 32.9 Å². The van der Waals surface area contributed by atoms with Gasteiger partial charge in [0.05, 0.1) is 0 Å². The fourth-order valence-corrected chi connectivity index (χ4v) is 3.58. The summed E-state index contributed by atoms with van der Waals surface area (Å²) in [5, 5.41) is 0. The van der Waals surface area contributed by atoms with Gasteiger partial charge in [-0.05, 0) is 47.2 Å². The fraction of sp³-hybridized carbons (Fsp3) is 0.176. The first-order chi connectivity index (χ1) is 19.0. The van der Waals surface area contributed by atoms with Gasteiger partial charge in [0.25, 0.3) is 0 Å². The molecule has 2 aromatic heterocycles. The van der Waals surface area contributed by atoms with Crippen LogP contribution in [0.4, 0.5) is 0 Å². The van der Waals surface area contributed by atoms with E-state index in [1.807, 2.05) is 93.6 Å². The summed E-state index contributed by atoms with van der Waals surface area (Å²) in [5.74, 6) is 0. The molecule has 0 atom stereocenters. The van der Waals surface area contributed by atoms with Gasteiger partial charge in [0.2, 0.25) is 0 Å². The number of hydrogen-bond acceptors (Lipinski definition) is 2. The summed E-state index contributed by atoms with van der Waals surface area (Å²) in [4.78, 5) is 8.68. The predicted octanol–water partition coefficient (Wildman–Crippen LogP) is 8.27. The molecule has 0 aliphatic rings. The summed E-state index contributed by atoms with van der Waals surface area (Å²) in [6.07, 6.45) is 0.337. The molecule has 5 aromatic rings. The van der Waals surface area contributed by atoms with Crippen LogP contribution in [0.1, 0.15) is 42.9 Å². The maximum atomic E-state index is 8.51. The van der Waals surface area contributed by atoms with Crippen LogP contribution in [-0.4, -0.2) is 9.97 Å². The Kier molecular flexibility index (Phi) is 8.49. The molecule has 3 heteroatoms. The molecule has 0 saturated heterocycles. The second-order valence-corrected chi connectivity index (χ2v) is 9.25.